The van der Waals surface area contributed by atoms with Crippen molar-refractivity contribution in [2.24, 2.45) is 16.7 Å². The molecule has 8 heteroatoms. The maximum atomic E-state index is 13.6. The molecule has 4 rings (SSSR count). The summed E-state index contributed by atoms with van der Waals surface area (Å²) in [4.78, 5) is 29.2. The van der Waals surface area contributed by atoms with Gasteiger partial charge in [-0.05, 0) is 62.1 Å². The fourth-order valence-corrected chi connectivity index (χ4v) is 5.18. The van der Waals surface area contributed by atoms with Crippen LogP contribution in [-0.4, -0.2) is 54.8 Å². The Bertz CT molecular complexity index is 871. The Morgan fingerprint density at radius 3 is 2.41 bits per heavy atom. The highest BCUT2D eigenvalue weighted by Gasteiger charge is 2.48. The standard InChI is InChI=1S/C24H32F3N3O2/c1-23(7-8-23)22(32)29(2)9-10-30-14-24(15-30)5-3-16(4-6-24)21(31)28-19-12-17(20(26)27)11-18(25)13-19/h11-13,16,20H,3-10,14-15H2,1-2H3,(H,28,31). The lowest BCUT2D eigenvalue weighted by molar-refractivity contribution is -0.135. The number of anilines is 1. The van der Waals surface area contributed by atoms with Crippen LogP contribution in [0, 0.1) is 22.6 Å². The highest BCUT2D eigenvalue weighted by molar-refractivity contribution is 5.92. The fraction of sp³-hybridized carbons (Fsp3) is 0.667. The van der Waals surface area contributed by atoms with E-state index in [-0.39, 0.29) is 34.2 Å². The van der Waals surface area contributed by atoms with E-state index in [1.165, 1.54) is 0 Å². The van der Waals surface area contributed by atoms with Gasteiger partial charge in [-0.3, -0.25) is 9.59 Å². The predicted octanol–water partition coefficient (Wildman–Crippen LogP) is 4.45. The van der Waals surface area contributed by atoms with E-state index in [0.29, 0.717) is 0 Å². The molecular formula is C24H32F3N3O2. The Hall–Kier alpha value is -2.09. The monoisotopic (exact) mass is 451 g/mol. The summed E-state index contributed by atoms with van der Waals surface area (Å²) >= 11 is 0. The molecule has 2 amide bonds. The quantitative estimate of drug-likeness (QED) is 0.666. The van der Waals surface area contributed by atoms with Crippen LogP contribution < -0.4 is 5.32 Å². The molecule has 0 aromatic heterocycles. The van der Waals surface area contributed by atoms with Gasteiger partial charge in [0.1, 0.15) is 5.82 Å². The van der Waals surface area contributed by atoms with Crippen molar-refractivity contribution in [1.82, 2.24) is 9.80 Å². The van der Waals surface area contributed by atoms with Gasteiger partial charge in [0.15, 0.2) is 0 Å². The summed E-state index contributed by atoms with van der Waals surface area (Å²) in [5.41, 5.74) is -0.241. The minimum absolute atomic E-state index is 0.0825. The van der Waals surface area contributed by atoms with E-state index in [9.17, 15) is 22.8 Å². The normalized spacial score (nSPS) is 21.9. The first kappa shape index (κ1) is 23.1. The van der Waals surface area contributed by atoms with Crippen LogP contribution in [0.25, 0.3) is 0 Å². The first-order valence-corrected chi connectivity index (χ1v) is 11.5. The third-order valence-corrected chi connectivity index (χ3v) is 7.59. The zero-order chi connectivity index (χ0) is 23.1. The maximum Gasteiger partial charge on any atom is 0.264 e. The van der Waals surface area contributed by atoms with Crippen molar-refractivity contribution < 1.29 is 22.8 Å². The summed E-state index contributed by atoms with van der Waals surface area (Å²) in [5.74, 6) is -0.946. The third-order valence-electron chi connectivity index (χ3n) is 7.59. The number of likely N-dealkylation sites (N-methyl/N-ethyl adjacent to an activating group) is 1. The molecule has 1 saturated heterocycles. The van der Waals surface area contributed by atoms with Gasteiger partial charge in [0.2, 0.25) is 11.8 Å². The summed E-state index contributed by atoms with van der Waals surface area (Å²) in [6, 6.07) is 2.99. The van der Waals surface area contributed by atoms with Gasteiger partial charge in [0, 0.05) is 55.8 Å². The van der Waals surface area contributed by atoms with Gasteiger partial charge in [-0.15, -0.1) is 0 Å². The van der Waals surface area contributed by atoms with E-state index < -0.39 is 17.8 Å². The third kappa shape index (κ3) is 4.95. The number of hydrogen-bond acceptors (Lipinski definition) is 3. The number of halogens is 3. The zero-order valence-corrected chi connectivity index (χ0v) is 18.8. The van der Waals surface area contributed by atoms with Crippen molar-refractivity contribution in [3.05, 3.63) is 29.6 Å². The summed E-state index contributed by atoms with van der Waals surface area (Å²) in [5, 5.41) is 2.62. The lowest BCUT2D eigenvalue weighted by Gasteiger charge is -2.53. The highest BCUT2D eigenvalue weighted by atomic mass is 19.3. The van der Waals surface area contributed by atoms with Crippen molar-refractivity contribution in [1.29, 1.82) is 0 Å². The van der Waals surface area contributed by atoms with E-state index >= 15 is 0 Å². The first-order valence-electron chi connectivity index (χ1n) is 11.5. The Morgan fingerprint density at radius 1 is 1.16 bits per heavy atom. The van der Waals surface area contributed by atoms with Crippen LogP contribution >= 0.6 is 0 Å². The van der Waals surface area contributed by atoms with E-state index in [2.05, 4.69) is 10.2 Å². The second-order valence-corrected chi connectivity index (χ2v) is 10.3. The van der Waals surface area contributed by atoms with Gasteiger partial charge < -0.3 is 15.1 Å². The van der Waals surface area contributed by atoms with Crippen LogP contribution in [0.4, 0.5) is 18.9 Å². The van der Waals surface area contributed by atoms with Crippen molar-refractivity contribution in [2.75, 3.05) is 38.5 Å². The van der Waals surface area contributed by atoms with Gasteiger partial charge >= 0.3 is 0 Å². The van der Waals surface area contributed by atoms with Gasteiger partial charge in [-0.2, -0.15) is 0 Å². The molecule has 0 unspecified atom stereocenters. The highest BCUT2D eigenvalue weighted by Crippen LogP contribution is 2.47. The molecular weight excluding hydrogens is 419 g/mol. The molecule has 1 heterocycles. The van der Waals surface area contributed by atoms with Gasteiger partial charge in [0.05, 0.1) is 0 Å². The number of alkyl halides is 2. The molecule has 0 bridgehead atoms. The zero-order valence-electron chi connectivity index (χ0n) is 18.8. The van der Waals surface area contributed by atoms with E-state index in [1.807, 2.05) is 18.9 Å². The SMILES string of the molecule is CN(CCN1CC2(CCC(C(=O)Nc3cc(F)cc(C(F)F)c3)CC2)C1)C(=O)C1(C)CC1. The Labute approximate surface area is 187 Å². The van der Waals surface area contributed by atoms with Gasteiger partial charge in [-0.25, -0.2) is 13.2 Å². The molecule has 0 radical (unpaired) electrons. The number of carbonyl (C=O) groups is 2. The Morgan fingerprint density at radius 2 is 1.81 bits per heavy atom. The number of hydrogen-bond donors (Lipinski definition) is 1. The molecule has 1 aromatic rings. The summed E-state index contributed by atoms with van der Waals surface area (Å²) in [6.07, 6.45) is 2.57. The van der Waals surface area contributed by atoms with Gasteiger partial charge in [0.25, 0.3) is 6.43 Å². The van der Waals surface area contributed by atoms with Crippen molar-refractivity contribution in [2.45, 2.75) is 51.9 Å². The predicted molar refractivity (Wildman–Crippen MR) is 116 cm³/mol. The molecule has 3 aliphatic rings. The first-order chi connectivity index (χ1) is 15.1. The smallest absolute Gasteiger partial charge is 0.264 e. The van der Waals surface area contributed by atoms with Crippen LogP contribution in [0.1, 0.15) is 57.4 Å². The number of nitrogens with zero attached hydrogens (tertiary/aromatic N) is 2. The lowest BCUT2D eigenvalue weighted by Crippen LogP contribution is -2.59. The van der Waals surface area contributed by atoms with Crippen molar-refractivity contribution in [3.8, 4) is 0 Å². The largest absolute Gasteiger partial charge is 0.344 e. The van der Waals surface area contributed by atoms with E-state index in [4.69, 9.17) is 0 Å². The fourth-order valence-electron chi connectivity index (χ4n) is 5.18. The topological polar surface area (TPSA) is 52.6 Å². The number of carbonyl (C=O) groups excluding carboxylic acids is 2. The molecule has 2 aliphatic carbocycles. The van der Waals surface area contributed by atoms with E-state index in [1.54, 1.807) is 0 Å². The summed E-state index contributed by atoms with van der Waals surface area (Å²) in [7, 11) is 1.88. The average Bonchev–Trinajstić information content (AvgIpc) is 3.48. The van der Waals surface area contributed by atoms with Crippen LogP contribution in [0.2, 0.25) is 0 Å². The molecule has 1 aliphatic heterocycles. The molecule has 1 N–H and O–H groups in total. The van der Waals surface area contributed by atoms with Crippen LogP contribution in [0.15, 0.2) is 18.2 Å². The van der Waals surface area contributed by atoms with Crippen LogP contribution in [-0.2, 0) is 9.59 Å². The maximum absolute atomic E-state index is 13.6. The minimum Gasteiger partial charge on any atom is -0.344 e. The number of benzene rings is 1. The molecule has 1 aromatic carbocycles. The molecule has 32 heavy (non-hydrogen) atoms. The summed E-state index contributed by atoms with van der Waals surface area (Å²) < 4.78 is 39.3. The van der Waals surface area contributed by atoms with Crippen LogP contribution in [0.3, 0.4) is 0 Å². The molecule has 2 saturated carbocycles. The molecule has 3 fully saturated rings. The van der Waals surface area contributed by atoms with Gasteiger partial charge in [-0.1, -0.05) is 6.92 Å². The molecule has 0 atom stereocenters. The molecule has 1 spiro atoms. The number of rotatable bonds is 7. The van der Waals surface area contributed by atoms with Crippen LogP contribution in [0.5, 0.6) is 0 Å². The minimum atomic E-state index is -2.79. The number of amides is 2. The summed E-state index contributed by atoms with van der Waals surface area (Å²) in [6.45, 7) is 5.62. The van der Waals surface area contributed by atoms with E-state index in [0.717, 1.165) is 82.9 Å². The Balaban J connectivity index is 1.20. The number of nitrogens with one attached hydrogen (secondary N) is 1. The number of likely N-dealkylation sites (tertiary alicyclic amines) is 1. The molecule has 5 nitrogen and oxygen atoms in total. The van der Waals surface area contributed by atoms with Crippen molar-refractivity contribution >= 4 is 17.5 Å². The average molecular weight is 452 g/mol. The van der Waals surface area contributed by atoms with Crippen molar-refractivity contribution in [3.63, 3.8) is 0 Å². The Kier molecular flexibility index (Phi) is 6.27. The second kappa shape index (κ2) is 8.69. The lowest BCUT2D eigenvalue weighted by atomic mass is 9.65. The molecule has 176 valence electrons. The second-order valence-electron chi connectivity index (χ2n) is 10.3.